The van der Waals surface area contributed by atoms with Gasteiger partial charge in [0.25, 0.3) is 5.91 Å². The van der Waals surface area contributed by atoms with Crippen LogP contribution >= 0.6 is 11.8 Å². The summed E-state index contributed by atoms with van der Waals surface area (Å²) >= 11 is 1.33. The number of fused-ring (bicyclic) bond motifs is 1. The number of rotatable bonds is 4. The standard InChI is InChI=1S/C20H21FN4OS/c21-14-4-1-3-13(11-14)8-10-23-20-25-19(26)18(27-20)12-15-6-7-16-17(24-15)5-2-9-22-16/h2,5-7,9,12-14H,1,3-4,8,10-11H2,(H,23,25,26)/b18-12-/t13-,14?/m1/s1. The van der Waals surface area contributed by atoms with Crippen molar-refractivity contribution in [3.63, 3.8) is 0 Å². The summed E-state index contributed by atoms with van der Waals surface area (Å²) in [4.78, 5) is 26.0. The zero-order valence-corrected chi connectivity index (χ0v) is 15.7. The van der Waals surface area contributed by atoms with E-state index in [4.69, 9.17) is 0 Å². The summed E-state index contributed by atoms with van der Waals surface area (Å²) in [5, 5.41) is 3.41. The molecule has 1 amide bonds. The zero-order valence-electron chi connectivity index (χ0n) is 14.9. The Kier molecular flexibility index (Phi) is 5.48. The van der Waals surface area contributed by atoms with E-state index in [1.54, 1.807) is 12.3 Å². The van der Waals surface area contributed by atoms with Crippen LogP contribution in [0.25, 0.3) is 17.1 Å². The second-order valence-corrected chi connectivity index (χ2v) is 7.98. The maximum absolute atomic E-state index is 13.5. The van der Waals surface area contributed by atoms with Crippen LogP contribution in [0.3, 0.4) is 0 Å². The van der Waals surface area contributed by atoms with Gasteiger partial charge in [-0.1, -0.05) is 12.8 Å². The number of carbonyl (C=O) groups excluding carboxylic acids is 1. The molecule has 2 aliphatic rings. The fraction of sp³-hybridized carbons (Fsp3) is 0.400. The molecular weight excluding hydrogens is 363 g/mol. The number of amidine groups is 1. The highest BCUT2D eigenvalue weighted by Gasteiger charge is 2.24. The van der Waals surface area contributed by atoms with Crippen molar-refractivity contribution in [2.75, 3.05) is 6.54 Å². The SMILES string of the molecule is O=C1NC(=NCC[C@H]2CCCC(F)C2)S/C1=C\c1ccc2ncccc2n1. The van der Waals surface area contributed by atoms with Gasteiger partial charge in [0, 0.05) is 12.7 Å². The Bertz CT molecular complexity index is 914. The van der Waals surface area contributed by atoms with Crippen molar-refractivity contribution in [2.45, 2.75) is 38.3 Å². The lowest BCUT2D eigenvalue weighted by Crippen LogP contribution is -2.21. The van der Waals surface area contributed by atoms with Crippen LogP contribution in [0, 0.1) is 5.92 Å². The number of nitrogens with one attached hydrogen (secondary N) is 1. The first-order valence-corrected chi connectivity index (χ1v) is 10.1. The van der Waals surface area contributed by atoms with Crippen molar-refractivity contribution in [3.05, 3.63) is 41.1 Å². The van der Waals surface area contributed by atoms with E-state index in [2.05, 4.69) is 20.3 Å². The first-order valence-electron chi connectivity index (χ1n) is 9.28. The summed E-state index contributed by atoms with van der Waals surface area (Å²) in [6.07, 6.45) is 7.11. The van der Waals surface area contributed by atoms with E-state index < -0.39 is 6.17 Å². The number of halogens is 1. The van der Waals surface area contributed by atoms with Gasteiger partial charge >= 0.3 is 0 Å². The summed E-state index contributed by atoms with van der Waals surface area (Å²) < 4.78 is 13.5. The molecule has 140 valence electrons. The van der Waals surface area contributed by atoms with Gasteiger partial charge in [-0.25, -0.2) is 9.37 Å². The van der Waals surface area contributed by atoms with Crippen molar-refractivity contribution in [2.24, 2.45) is 10.9 Å². The molecule has 5 nitrogen and oxygen atoms in total. The van der Waals surface area contributed by atoms with E-state index >= 15 is 0 Å². The monoisotopic (exact) mass is 384 g/mol. The molecule has 1 aliphatic heterocycles. The fourth-order valence-electron chi connectivity index (χ4n) is 3.53. The quantitative estimate of drug-likeness (QED) is 0.806. The largest absolute Gasteiger partial charge is 0.301 e. The summed E-state index contributed by atoms with van der Waals surface area (Å²) in [5.41, 5.74) is 2.33. The Morgan fingerprint density at radius 3 is 3.11 bits per heavy atom. The minimum absolute atomic E-state index is 0.159. The number of hydrogen-bond acceptors (Lipinski definition) is 5. The van der Waals surface area contributed by atoms with Crippen molar-refractivity contribution >= 4 is 39.9 Å². The highest BCUT2D eigenvalue weighted by Crippen LogP contribution is 2.29. The fourth-order valence-corrected chi connectivity index (χ4v) is 4.36. The summed E-state index contributed by atoms with van der Waals surface area (Å²) in [6.45, 7) is 0.618. The van der Waals surface area contributed by atoms with Crippen molar-refractivity contribution in [1.29, 1.82) is 0 Å². The molecule has 0 spiro atoms. The van der Waals surface area contributed by atoms with Gasteiger partial charge in [-0.05, 0) is 67.3 Å². The molecule has 2 fully saturated rings. The molecule has 7 heteroatoms. The number of thioether (sulfide) groups is 1. The molecule has 0 radical (unpaired) electrons. The zero-order chi connectivity index (χ0) is 18.6. The van der Waals surface area contributed by atoms with Gasteiger partial charge in [0.15, 0.2) is 5.17 Å². The average Bonchev–Trinajstić information content (AvgIpc) is 3.01. The van der Waals surface area contributed by atoms with Gasteiger partial charge in [0.05, 0.1) is 21.6 Å². The van der Waals surface area contributed by atoms with Crippen LogP contribution in [0.1, 0.15) is 37.8 Å². The molecule has 4 rings (SSSR count). The third kappa shape index (κ3) is 4.53. The number of nitrogens with zero attached hydrogens (tertiary/aromatic N) is 3. The van der Waals surface area contributed by atoms with Gasteiger partial charge in [-0.2, -0.15) is 0 Å². The van der Waals surface area contributed by atoms with E-state index in [0.29, 0.717) is 41.1 Å². The number of amides is 1. The predicted molar refractivity (Wildman–Crippen MR) is 107 cm³/mol. The Balaban J connectivity index is 1.39. The van der Waals surface area contributed by atoms with Gasteiger partial charge in [0.1, 0.15) is 6.17 Å². The molecule has 27 heavy (non-hydrogen) atoms. The highest BCUT2D eigenvalue weighted by atomic mass is 32.2. The average molecular weight is 384 g/mol. The first-order chi connectivity index (χ1) is 13.2. The second-order valence-electron chi connectivity index (χ2n) is 6.95. The van der Waals surface area contributed by atoms with E-state index in [9.17, 15) is 9.18 Å². The Hall–Kier alpha value is -2.28. The summed E-state index contributed by atoms with van der Waals surface area (Å²) in [5.74, 6) is 0.249. The molecule has 2 aromatic heterocycles. The number of pyridine rings is 2. The first kappa shape index (κ1) is 18.1. The maximum Gasteiger partial charge on any atom is 0.264 e. The van der Waals surface area contributed by atoms with Gasteiger partial charge in [-0.3, -0.25) is 14.8 Å². The Morgan fingerprint density at radius 1 is 1.30 bits per heavy atom. The van der Waals surface area contributed by atoms with Crippen LogP contribution in [-0.4, -0.2) is 33.8 Å². The minimum Gasteiger partial charge on any atom is -0.301 e. The summed E-state index contributed by atoms with van der Waals surface area (Å²) in [6, 6.07) is 7.48. The molecule has 1 unspecified atom stereocenters. The van der Waals surface area contributed by atoms with Gasteiger partial charge in [0.2, 0.25) is 0 Å². The van der Waals surface area contributed by atoms with Crippen molar-refractivity contribution in [1.82, 2.24) is 15.3 Å². The molecule has 2 aromatic rings. The van der Waals surface area contributed by atoms with Crippen LogP contribution < -0.4 is 5.32 Å². The number of hydrogen-bond donors (Lipinski definition) is 1. The number of aliphatic imine (C=N–C) groups is 1. The lowest BCUT2D eigenvalue weighted by Gasteiger charge is -2.23. The molecule has 0 bridgehead atoms. The Morgan fingerprint density at radius 2 is 2.22 bits per heavy atom. The number of carbonyl (C=O) groups is 1. The predicted octanol–water partition coefficient (Wildman–Crippen LogP) is 4.11. The third-order valence-electron chi connectivity index (χ3n) is 4.92. The molecule has 1 saturated carbocycles. The summed E-state index contributed by atoms with van der Waals surface area (Å²) in [7, 11) is 0. The topological polar surface area (TPSA) is 67.2 Å². The van der Waals surface area contributed by atoms with E-state index in [1.165, 1.54) is 11.8 Å². The number of alkyl halides is 1. The van der Waals surface area contributed by atoms with E-state index in [0.717, 1.165) is 30.3 Å². The smallest absolute Gasteiger partial charge is 0.264 e. The second kappa shape index (κ2) is 8.17. The molecule has 1 N–H and O–H groups in total. The van der Waals surface area contributed by atoms with Crippen molar-refractivity contribution < 1.29 is 9.18 Å². The normalized spacial score (nSPS) is 26.0. The molecular formula is C20H21FN4OS. The van der Waals surface area contributed by atoms with Crippen LogP contribution in [0.2, 0.25) is 0 Å². The van der Waals surface area contributed by atoms with Crippen LogP contribution in [0.5, 0.6) is 0 Å². The lowest BCUT2D eigenvalue weighted by atomic mass is 9.86. The van der Waals surface area contributed by atoms with E-state index in [1.807, 2.05) is 24.3 Å². The number of aromatic nitrogens is 2. The van der Waals surface area contributed by atoms with Crippen molar-refractivity contribution in [3.8, 4) is 0 Å². The molecule has 1 aliphatic carbocycles. The highest BCUT2D eigenvalue weighted by molar-refractivity contribution is 8.18. The van der Waals surface area contributed by atoms with Crippen LogP contribution in [0.4, 0.5) is 4.39 Å². The lowest BCUT2D eigenvalue weighted by molar-refractivity contribution is -0.115. The van der Waals surface area contributed by atoms with Gasteiger partial charge < -0.3 is 5.32 Å². The molecule has 2 atom stereocenters. The Labute approximate surface area is 161 Å². The minimum atomic E-state index is -0.656. The third-order valence-corrected chi connectivity index (χ3v) is 5.87. The molecule has 3 heterocycles. The van der Waals surface area contributed by atoms with Crippen LogP contribution in [0.15, 0.2) is 40.4 Å². The van der Waals surface area contributed by atoms with Crippen LogP contribution in [-0.2, 0) is 4.79 Å². The van der Waals surface area contributed by atoms with Gasteiger partial charge in [-0.15, -0.1) is 0 Å². The molecule has 0 aromatic carbocycles. The molecule has 1 saturated heterocycles. The maximum atomic E-state index is 13.5. The van der Waals surface area contributed by atoms with E-state index in [-0.39, 0.29) is 5.91 Å².